The van der Waals surface area contributed by atoms with Crippen molar-refractivity contribution in [1.29, 1.82) is 0 Å². The monoisotopic (exact) mass is 398 g/mol. The van der Waals surface area contributed by atoms with Gasteiger partial charge in [-0.05, 0) is 83.8 Å². The lowest BCUT2D eigenvalue weighted by Gasteiger charge is -2.16. The van der Waals surface area contributed by atoms with Crippen molar-refractivity contribution < 1.29 is 4.74 Å². The smallest absolute Gasteiger partial charge is 0.119 e. The summed E-state index contributed by atoms with van der Waals surface area (Å²) in [6.45, 7) is 4.49. The van der Waals surface area contributed by atoms with E-state index in [4.69, 9.17) is 4.74 Å². The Morgan fingerprint density at radius 1 is 0.933 bits per heavy atom. The molecule has 0 aliphatic rings. The highest BCUT2D eigenvalue weighted by atomic mass is 16.5. The number of aryl methyl sites for hydroxylation is 5. The molecule has 4 aromatic rings. The Kier molecular flexibility index (Phi) is 5.89. The van der Waals surface area contributed by atoms with Gasteiger partial charge in [-0.1, -0.05) is 43.7 Å². The molecule has 30 heavy (non-hydrogen) atoms. The zero-order chi connectivity index (χ0) is 21.1. The van der Waals surface area contributed by atoms with Crippen molar-refractivity contribution in [3.63, 3.8) is 0 Å². The standard InChI is InChI=1S/C27H30N2O/c1-5-7-21-17-26(23-12-13-27-24(16-23)18-28-29(27)3)22(14-19(21)2)11-10-20-8-6-9-25(15-20)30-4/h6,8-9,12-18H,5,7,10-11H2,1-4H3. The average molecular weight is 399 g/mol. The second kappa shape index (κ2) is 8.74. The average Bonchev–Trinajstić information content (AvgIpc) is 3.14. The van der Waals surface area contributed by atoms with E-state index in [9.17, 15) is 0 Å². The van der Waals surface area contributed by atoms with Gasteiger partial charge in [-0.15, -0.1) is 0 Å². The summed E-state index contributed by atoms with van der Waals surface area (Å²) < 4.78 is 7.33. The lowest BCUT2D eigenvalue weighted by molar-refractivity contribution is 0.414. The van der Waals surface area contributed by atoms with E-state index < -0.39 is 0 Å². The largest absolute Gasteiger partial charge is 0.497 e. The van der Waals surface area contributed by atoms with Gasteiger partial charge in [0.15, 0.2) is 0 Å². The number of hydrogen-bond acceptors (Lipinski definition) is 2. The molecular weight excluding hydrogens is 368 g/mol. The van der Waals surface area contributed by atoms with Crippen molar-refractivity contribution in [2.24, 2.45) is 7.05 Å². The number of benzene rings is 3. The number of methoxy groups -OCH3 is 1. The van der Waals surface area contributed by atoms with Crippen LogP contribution in [0.1, 0.15) is 35.6 Å². The van der Waals surface area contributed by atoms with Crippen LogP contribution in [0.5, 0.6) is 5.75 Å². The summed E-state index contributed by atoms with van der Waals surface area (Å²) in [6.07, 6.45) is 6.22. The van der Waals surface area contributed by atoms with Crippen LogP contribution in [-0.4, -0.2) is 16.9 Å². The van der Waals surface area contributed by atoms with Crippen molar-refractivity contribution in [2.45, 2.75) is 39.5 Å². The van der Waals surface area contributed by atoms with Gasteiger partial charge in [-0.2, -0.15) is 5.10 Å². The predicted octanol–water partition coefficient (Wildman–Crippen LogP) is 6.30. The minimum atomic E-state index is 0.921. The first-order chi connectivity index (χ1) is 14.6. The lowest BCUT2D eigenvalue weighted by Crippen LogP contribution is -1.99. The summed E-state index contributed by atoms with van der Waals surface area (Å²) >= 11 is 0. The number of ether oxygens (including phenoxy) is 1. The Morgan fingerprint density at radius 2 is 1.80 bits per heavy atom. The van der Waals surface area contributed by atoms with E-state index in [2.05, 4.69) is 67.5 Å². The van der Waals surface area contributed by atoms with E-state index in [-0.39, 0.29) is 0 Å². The molecule has 4 rings (SSSR count). The number of rotatable bonds is 7. The van der Waals surface area contributed by atoms with Gasteiger partial charge in [0.2, 0.25) is 0 Å². The van der Waals surface area contributed by atoms with Gasteiger partial charge in [0, 0.05) is 12.4 Å². The molecule has 0 bridgehead atoms. The number of hydrogen-bond donors (Lipinski definition) is 0. The first-order valence-corrected chi connectivity index (χ1v) is 10.8. The summed E-state index contributed by atoms with van der Waals surface area (Å²) in [5.74, 6) is 0.921. The molecule has 0 unspecified atom stereocenters. The Morgan fingerprint density at radius 3 is 2.60 bits per heavy atom. The molecule has 0 atom stereocenters. The van der Waals surface area contributed by atoms with Crippen LogP contribution in [0.2, 0.25) is 0 Å². The molecule has 3 aromatic carbocycles. The van der Waals surface area contributed by atoms with Gasteiger partial charge >= 0.3 is 0 Å². The minimum Gasteiger partial charge on any atom is -0.497 e. The van der Waals surface area contributed by atoms with Crippen molar-refractivity contribution in [2.75, 3.05) is 7.11 Å². The van der Waals surface area contributed by atoms with E-state index in [0.717, 1.165) is 36.9 Å². The zero-order valence-corrected chi connectivity index (χ0v) is 18.4. The summed E-state index contributed by atoms with van der Waals surface area (Å²) in [7, 11) is 3.72. The van der Waals surface area contributed by atoms with Crippen molar-refractivity contribution >= 4 is 10.9 Å². The summed E-state index contributed by atoms with van der Waals surface area (Å²) in [5, 5.41) is 5.60. The number of nitrogens with zero attached hydrogens (tertiary/aromatic N) is 2. The molecule has 154 valence electrons. The molecule has 0 aliphatic carbocycles. The molecule has 0 amide bonds. The molecule has 1 aromatic heterocycles. The molecular formula is C27H30N2O. The highest BCUT2D eigenvalue weighted by molar-refractivity contribution is 5.85. The maximum Gasteiger partial charge on any atom is 0.119 e. The normalized spacial score (nSPS) is 11.2. The van der Waals surface area contributed by atoms with Gasteiger partial charge < -0.3 is 4.74 Å². The van der Waals surface area contributed by atoms with Crippen molar-refractivity contribution in [3.05, 3.63) is 83.0 Å². The third kappa shape index (κ3) is 4.11. The number of fused-ring (bicyclic) bond motifs is 1. The van der Waals surface area contributed by atoms with Crippen molar-refractivity contribution in [1.82, 2.24) is 9.78 Å². The van der Waals surface area contributed by atoms with Gasteiger partial charge in [-0.25, -0.2) is 0 Å². The maximum absolute atomic E-state index is 5.40. The van der Waals surface area contributed by atoms with Crippen LogP contribution in [0.15, 0.2) is 60.8 Å². The summed E-state index contributed by atoms with van der Waals surface area (Å²) in [6, 6.07) is 19.9. The molecule has 0 radical (unpaired) electrons. The van der Waals surface area contributed by atoms with Gasteiger partial charge in [-0.3, -0.25) is 4.68 Å². The molecule has 0 saturated carbocycles. The van der Waals surface area contributed by atoms with Crippen LogP contribution in [0, 0.1) is 6.92 Å². The highest BCUT2D eigenvalue weighted by Gasteiger charge is 2.12. The molecule has 0 N–H and O–H groups in total. The van der Waals surface area contributed by atoms with E-state index in [1.165, 1.54) is 38.8 Å². The Balaban J connectivity index is 1.73. The molecule has 0 spiro atoms. The molecule has 0 saturated heterocycles. The SMILES string of the molecule is CCCc1cc(-c2ccc3c(cnn3C)c2)c(CCc2cccc(OC)c2)cc1C. The third-order valence-electron chi connectivity index (χ3n) is 5.96. The minimum absolute atomic E-state index is 0.921. The molecule has 3 heteroatoms. The van der Waals surface area contributed by atoms with Crippen LogP contribution < -0.4 is 4.74 Å². The molecule has 0 fully saturated rings. The molecule has 3 nitrogen and oxygen atoms in total. The second-order valence-corrected chi connectivity index (χ2v) is 8.08. The second-order valence-electron chi connectivity index (χ2n) is 8.08. The van der Waals surface area contributed by atoms with Crippen molar-refractivity contribution in [3.8, 4) is 16.9 Å². The van der Waals surface area contributed by atoms with E-state index in [1.54, 1.807) is 7.11 Å². The topological polar surface area (TPSA) is 27.1 Å². The fourth-order valence-electron chi connectivity index (χ4n) is 4.26. The van der Waals surface area contributed by atoms with E-state index in [0.29, 0.717) is 0 Å². The third-order valence-corrected chi connectivity index (χ3v) is 5.96. The first-order valence-electron chi connectivity index (χ1n) is 10.8. The van der Waals surface area contributed by atoms with Gasteiger partial charge in [0.25, 0.3) is 0 Å². The summed E-state index contributed by atoms with van der Waals surface area (Å²) in [4.78, 5) is 0. The fraction of sp³-hybridized carbons (Fsp3) is 0.296. The van der Waals surface area contributed by atoms with Crippen LogP contribution in [0.3, 0.4) is 0 Å². The van der Waals surface area contributed by atoms with Crippen LogP contribution >= 0.6 is 0 Å². The van der Waals surface area contributed by atoms with Gasteiger partial charge in [0.1, 0.15) is 5.75 Å². The Hall–Kier alpha value is -3.07. The number of aromatic nitrogens is 2. The quantitative estimate of drug-likeness (QED) is 0.365. The van der Waals surface area contributed by atoms with Crippen LogP contribution in [-0.2, 0) is 26.3 Å². The van der Waals surface area contributed by atoms with E-state index >= 15 is 0 Å². The van der Waals surface area contributed by atoms with Crippen LogP contribution in [0.25, 0.3) is 22.0 Å². The Bertz CT molecular complexity index is 1170. The van der Waals surface area contributed by atoms with Gasteiger partial charge in [0.05, 0.1) is 18.8 Å². The van der Waals surface area contributed by atoms with E-state index in [1.807, 2.05) is 24.0 Å². The summed E-state index contributed by atoms with van der Waals surface area (Å²) in [5.41, 5.74) is 9.33. The first kappa shape index (κ1) is 20.2. The maximum atomic E-state index is 5.40. The zero-order valence-electron chi connectivity index (χ0n) is 18.4. The van der Waals surface area contributed by atoms with Crippen LogP contribution in [0.4, 0.5) is 0 Å². The molecule has 0 aliphatic heterocycles. The lowest BCUT2D eigenvalue weighted by atomic mass is 9.89. The molecule has 1 heterocycles. The Labute approximate surface area is 179 Å². The fourth-order valence-corrected chi connectivity index (χ4v) is 4.26. The highest BCUT2D eigenvalue weighted by Crippen LogP contribution is 2.31. The predicted molar refractivity (Wildman–Crippen MR) is 125 cm³/mol.